The summed E-state index contributed by atoms with van der Waals surface area (Å²) in [6.07, 6.45) is 8.29. The number of allylic oxidation sites excluding steroid dienone is 1. The molecule has 15 heavy (non-hydrogen) atoms. The normalized spacial score (nSPS) is 19.4. The van der Waals surface area contributed by atoms with E-state index in [-0.39, 0.29) is 5.92 Å². The van der Waals surface area contributed by atoms with Crippen LogP contribution in [-0.2, 0) is 0 Å². The molecule has 1 heterocycles. The summed E-state index contributed by atoms with van der Waals surface area (Å²) < 4.78 is 0. The molecular weight excluding hydrogens is 186 g/mol. The van der Waals surface area contributed by atoms with Crippen LogP contribution in [0.15, 0.2) is 18.5 Å². The SMILES string of the molecule is CC(C)(C#N)[C@@H]1CC=Cc2nccnc21. The molecule has 0 saturated carbocycles. The molecule has 0 spiro atoms. The summed E-state index contributed by atoms with van der Waals surface area (Å²) in [6, 6.07) is 2.35. The third kappa shape index (κ3) is 1.63. The zero-order valence-corrected chi connectivity index (χ0v) is 8.94. The molecule has 76 valence electrons. The van der Waals surface area contributed by atoms with Crippen molar-refractivity contribution in [2.45, 2.75) is 26.2 Å². The van der Waals surface area contributed by atoms with Crippen LogP contribution < -0.4 is 0 Å². The highest BCUT2D eigenvalue weighted by Gasteiger charge is 2.34. The summed E-state index contributed by atoms with van der Waals surface area (Å²) in [5.41, 5.74) is 1.46. The lowest BCUT2D eigenvalue weighted by molar-refractivity contribution is 0.376. The number of hydrogen-bond acceptors (Lipinski definition) is 3. The van der Waals surface area contributed by atoms with Crippen LogP contribution in [0, 0.1) is 16.7 Å². The molecule has 1 atom stereocenters. The maximum Gasteiger partial charge on any atom is 0.0845 e. The van der Waals surface area contributed by atoms with Gasteiger partial charge in [0.1, 0.15) is 0 Å². The Kier molecular flexibility index (Phi) is 2.28. The number of aromatic nitrogens is 2. The minimum absolute atomic E-state index is 0.149. The largest absolute Gasteiger partial charge is 0.257 e. The quantitative estimate of drug-likeness (QED) is 0.698. The smallest absolute Gasteiger partial charge is 0.0845 e. The van der Waals surface area contributed by atoms with Crippen molar-refractivity contribution in [2.75, 3.05) is 0 Å². The van der Waals surface area contributed by atoms with Crippen molar-refractivity contribution in [1.29, 1.82) is 5.26 Å². The Bertz CT molecular complexity index is 440. The van der Waals surface area contributed by atoms with Crippen molar-refractivity contribution in [3.8, 4) is 6.07 Å². The lowest BCUT2D eigenvalue weighted by Crippen LogP contribution is -2.23. The first-order valence-corrected chi connectivity index (χ1v) is 5.04. The highest BCUT2D eigenvalue weighted by molar-refractivity contribution is 5.51. The molecule has 3 nitrogen and oxygen atoms in total. The van der Waals surface area contributed by atoms with E-state index in [0.717, 1.165) is 17.8 Å². The van der Waals surface area contributed by atoms with Gasteiger partial charge in [0.05, 0.1) is 22.9 Å². The van der Waals surface area contributed by atoms with Gasteiger partial charge in [-0.25, -0.2) is 0 Å². The van der Waals surface area contributed by atoms with Crippen molar-refractivity contribution < 1.29 is 0 Å². The average molecular weight is 199 g/mol. The van der Waals surface area contributed by atoms with E-state index in [1.165, 1.54) is 0 Å². The van der Waals surface area contributed by atoms with Crippen molar-refractivity contribution >= 4 is 6.08 Å². The summed E-state index contributed by atoms with van der Waals surface area (Å²) in [5, 5.41) is 9.15. The van der Waals surface area contributed by atoms with E-state index in [1.54, 1.807) is 12.4 Å². The van der Waals surface area contributed by atoms with Gasteiger partial charge in [0.25, 0.3) is 0 Å². The Hall–Kier alpha value is -1.69. The Balaban J connectivity index is 2.48. The number of hydrogen-bond donors (Lipinski definition) is 0. The monoisotopic (exact) mass is 199 g/mol. The van der Waals surface area contributed by atoms with Gasteiger partial charge in [-0.3, -0.25) is 9.97 Å². The zero-order chi connectivity index (χ0) is 10.9. The molecule has 0 unspecified atom stereocenters. The molecule has 3 heteroatoms. The highest BCUT2D eigenvalue weighted by atomic mass is 14.8. The molecule has 0 fully saturated rings. The molecule has 1 aromatic rings. The molecule has 0 aromatic carbocycles. The first-order valence-electron chi connectivity index (χ1n) is 5.04. The Morgan fingerprint density at radius 3 is 2.87 bits per heavy atom. The standard InChI is InChI=1S/C12H13N3/c1-12(2,8-13)9-4-3-5-10-11(9)15-7-6-14-10/h3,5-7,9H,4H2,1-2H3/t9-/m1/s1. The Labute approximate surface area is 89.5 Å². The van der Waals surface area contributed by atoms with Crippen LogP contribution >= 0.6 is 0 Å². The Morgan fingerprint density at radius 1 is 1.40 bits per heavy atom. The Morgan fingerprint density at radius 2 is 2.13 bits per heavy atom. The van der Waals surface area contributed by atoms with Gasteiger partial charge < -0.3 is 0 Å². The number of nitrogens with zero attached hydrogens (tertiary/aromatic N) is 3. The van der Waals surface area contributed by atoms with Gasteiger partial charge in [0.15, 0.2) is 0 Å². The highest BCUT2D eigenvalue weighted by Crippen LogP contribution is 2.40. The first kappa shape index (κ1) is 9.85. The lowest BCUT2D eigenvalue weighted by atomic mass is 9.74. The molecule has 0 N–H and O–H groups in total. The number of fused-ring (bicyclic) bond motifs is 1. The fourth-order valence-electron chi connectivity index (χ4n) is 1.90. The lowest BCUT2D eigenvalue weighted by Gasteiger charge is -2.29. The van der Waals surface area contributed by atoms with E-state index in [9.17, 15) is 0 Å². The van der Waals surface area contributed by atoms with Gasteiger partial charge in [0.2, 0.25) is 0 Å². The molecule has 1 aliphatic carbocycles. The summed E-state index contributed by atoms with van der Waals surface area (Å²) >= 11 is 0. The summed E-state index contributed by atoms with van der Waals surface area (Å²) in [5.74, 6) is 0.149. The third-order valence-electron chi connectivity index (χ3n) is 2.89. The minimum atomic E-state index is -0.393. The van der Waals surface area contributed by atoms with Gasteiger partial charge in [0, 0.05) is 18.3 Å². The molecule has 1 aliphatic rings. The molecule has 0 bridgehead atoms. The van der Waals surface area contributed by atoms with Crippen LogP contribution in [-0.4, -0.2) is 9.97 Å². The number of nitriles is 1. The average Bonchev–Trinajstić information content (AvgIpc) is 2.28. The topological polar surface area (TPSA) is 49.6 Å². The van der Waals surface area contributed by atoms with Gasteiger partial charge >= 0.3 is 0 Å². The molecule has 2 rings (SSSR count). The van der Waals surface area contributed by atoms with Gasteiger partial charge in [-0.1, -0.05) is 6.08 Å². The van der Waals surface area contributed by atoms with Crippen molar-refractivity contribution in [1.82, 2.24) is 9.97 Å². The maximum absolute atomic E-state index is 9.15. The first-order chi connectivity index (χ1) is 7.15. The van der Waals surface area contributed by atoms with E-state index in [1.807, 2.05) is 19.9 Å². The second-order valence-electron chi connectivity index (χ2n) is 4.35. The van der Waals surface area contributed by atoms with E-state index < -0.39 is 5.41 Å². The fraction of sp³-hybridized carbons (Fsp3) is 0.417. The third-order valence-corrected chi connectivity index (χ3v) is 2.89. The van der Waals surface area contributed by atoms with E-state index in [2.05, 4.69) is 22.1 Å². The molecule has 0 amide bonds. The van der Waals surface area contributed by atoms with E-state index in [4.69, 9.17) is 5.26 Å². The second kappa shape index (κ2) is 3.47. The van der Waals surface area contributed by atoms with Crippen LogP contribution in [0.25, 0.3) is 6.08 Å². The predicted molar refractivity (Wildman–Crippen MR) is 57.8 cm³/mol. The minimum Gasteiger partial charge on any atom is -0.257 e. The summed E-state index contributed by atoms with van der Waals surface area (Å²) in [4.78, 5) is 8.61. The second-order valence-corrected chi connectivity index (χ2v) is 4.35. The van der Waals surface area contributed by atoms with Crippen LogP contribution in [0.2, 0.25) is 0 Å². The van der Waals surface area contributed by atoms with Crippen molar-refractivity contribution in [3.63, 3.8) is 0 Å². The number of rotatable bonds is 1. The fourth-order valence-corrected chi connectivity index (χ4v) is 1.90. The molecular formula is C12H13N3. The van der Waals surface area contributed by atoms with Crippen LogP contribution in [0.1, 0.15) is 37.6 Å². The molecule has 0 aliphatic heterocycles. The molecule has 0 radical (unpaired) electrons. The van der Waals surface area contributed by atoms with E-state index >= 15 is 0 Å². The van der Waals surface area contributed by atoms with Gasteiger partial charge in [-0.05, 0) is 26.3 Å². The summed E-state index contributed by atoms with van der Waals surface area (Å²) in [6.45, 7) is 3.91. The van der Waals surface area contributed by atoms with Gasteiger partial charge in [-0.15, -0.1) is 0 Å². The van der Waals surface area contributed by atoms with Crippen LogP contribution in [0.5, 0.6) is 0 Å². The van der Waals surface area contributed by atoms with Gasteiger partial charge in [-0.2, -0.15) is 5.26 Å². The predicted octanol–water partition coefficient (Wildman–Crippen LogP) is 2.53. The molecule has 0 saturated heterocycles. The van der Waals surface area contributed by atoms with Crippen molar-refractivity contribution in [3.05, 3.63) is 29.9 Å². The zero-order valence-electron chi connectivity index (χ0n) is 8.94. The van der Waals surface area contributed by atoms with E-state index in [0.29, 0.717) is 0 Å². The van der Waals surface area contributed by atoms with Crippen LogP contribution in [0.3, 0.4) is 0 Å². The summed E-state index contributed by atoms with van der Waals surface area (Å²) in [7, 11) is 0. The molecule has 1 aromatic heterocycles. The van der Waals surface area contributed by atoms with Crippen molar-refractivity contribution in [2.24, 2.45) is 5.41 Å². The van der Waals surface area contributed by atoms with Crippen LogP contribution in [0.4, 0.5) is 0 Å². The maximum atomic E-state index is 9.15.